The Morgan fingerprint density at radius 3 is 2.87 bits per heavy atom. The summed E-state index contributed by atoms with van der Waals surface area (Å²) in [6, 6.07) is 2.18. The highest BCUT2D eigenvalue weighted by Crippen LogP contribution is 2.17. The van der Waals surface area contributed by atoms with Crippen LogP contribution in [0, 0.1) is 0 Å². The van der Waals surface area contributed by atoms with Gasteiger partial charge in [0, 0.05) is 13.1 Å². The average molecular weight is 224 g/mol. The van der Waals surface area contributed by atoms with Crippen molar-refractivity contribution in [2.75, 3.05) is 11.9 Å². The van der Waals surface area contributed by atoms with Crippen molar-refractivity contribution in [3.8, 4) is 0 Å². The molecule has 1 aromatic rings. The molecule has 82 valence electrons. The average Bonchev–Trinajstić information content (AvgIpc) is 2.27. The zero-order valence-electron chi connectivity index (χ0n) is 9.27. The molecule has 1 unspecified atom stereocenters. The van der Waals surface area contributed by atoms with E-state index in [4.69, 9.17) is 18.0 Å². The standard InChI is InChI=1S/C10H16N4S/c1-4-7(2)14(3)10-8(9(11)15)5-6-12-13-10/h5-7H,4H2,1-3H3,(H2,11,15). The number of hydrogen-bond donors (Lipinski definition) is 1. The molecule has 0 fully saturated rings. The molecule has 0 amide bonds. The van der Waals surface area contributed by atoms with Gasteiger partial charge in [-0.2, -0.15) is 5.10 Å². The van der Waals surface area contributed by atoms with Crippen molar-refractivity contribution in [1.82, 2.24) is 10.2 Å². The zero-order chi connectivity index (χ0) is 11.4. The Hall–Kier alpha value is -1.23. The monoisotopic (exact) mass is 224 g/mol. The van der Waals surface area contributed by atoms with Crippen molar-refractivity contribution < 1.29 is 0 Å². The third-order valence-electron chi connectivity index (χ3n) is 2.55. The number of anilines is 1. The van der Waals surface area contributed by atoms with Gasteiger partial charge in [-0.1, -0.05) is 19.1 Å². The van der Waals surface area contributed by atoms with Gasteiger partial charge in [0.05, 0.1) is 11.8 Å². The highest BCUT2D eigenvalue weighted by molar-refractivity contribution is 7.80. The lowest BCUT2D eigenvalue weighted by Gasteiger charge is -2.25. The van der Waals surface area contributed by atoms with Gasteiger partial charge in [-0.05, 0) is 19.4 Å². The number of hydrogen-bond acceptors (Lipinski definition) is 4. The minimum Gasteiger partial charge on any atom is -0.389 e. The molecule has 1 heterocycles. The minimum atomic E-state index is 0.357. The Morgan fingerprint density at radius 1 is 1.67 bits per heavy atom. The molecular weight excluding hydrogens is 208 g/mol. The van der Waals surface area contributed by atoms with E-state index in [1.807, 2.05) is 11.9 Å². The van der Waals surface area contributed by atoms with Crippen molar-refractivity contribution in [2.45, 2.75) is 26.3 Å². The molecule has 0 saturated heterocycles. The lowest BCUT2D eigenvalue weighted by Crippen LogP contribution is -2.31. The molecule has 2 N–H and O–H groups in total. The largest absolute Gasteiger partial charge is 0.389 e. The van der Waals surface area contributed by atoms with Gasteiger partial charge in [-0.3, -0.25) is 0 Å². The predicted octanol–water partition coefficient (Wildman–Crippen LogP) is 1.35. The van der Waals surface area contributed by atoms with E-state index in [1.54, 1.807) is 12.3 Å². The molecule has 0 bridgehead atoms. The number of thiocarbonyl (C=S) groups is 1. The van der Waals surface area contributed by atoms with Gasteiger partial charge in [0.25, 0.3) is 0 Å². The minimum absolute atomic E-state index is 0.357. The van der Waals surface area contributed by atoms with Gasteiger partial charge >= 0.3 is 0 Å². The molecule has 1 rings (SSSR count). The topological polar surface area (TPSA) is 55.0 Å². The quantitative estimate of drug-likeness (QED) is 0.782. The van der Waals surface area contributed by atoms with Crippen molar-refractivity contribution in [1.29, 1.82) is 0 Å². The Balaban J connectivity index is 3.07. The second-order valence-corrected chi connectivity index (χ2v) is 3.94. The van der Waals surface area contributed by atoms with Crippen LogP contribution in [0.3, 0.4) is 0 Å². The summed E-state index contributed by atoms with van der Waals surface area (Å²) in [5.41, 5.74) is 6.41. The van der Waals surface area contributed by atoms with Crippen LogP contribution < -0.4 is 10.6 Å². The van der Waals surface area contributed by atoms with Crippen LogP contribution >= 0.6 is 12.2 Å². The second-order valence-electron chi connectivity index (χ2n) is 3.50. The molecular formula is C10H16N4S. The maximum atomic E-state index is 5.63. The first-order valence-corrected chi connectivity index (χ1v) is 5.33. The van der Waals surface area contributed by atoms with Crippen LogP contribution in [-0.4, -0.2) is 28.3 Å². The first-order chi connectivity index (χ1) is 7.07. The number of nitrogens with two attached hydrogens (primary N) is 1. The molecule has 0 spiro atoms. The number of rotatable bonds is 4. The van der Waals surface area contributed by atoms with Crippen LogP contribution in [0.5, 0.6) is 0 Å². The lowest BCUT2D eigenvalue weighted by atomic mass is 10.2. The third kappa shape index (κ3) is 2.62. The Kier molecular flexibility index (Phi) is 3.96. The molecule has 4 nitrogen and oxygen atoms in total. The van der Waals surface area contributed by atoms with E-state index >= 15 is 0 Å². The van der Waals surface area contributed by atoms with Gasteiger partial charge in [0.15, 0.2) is 5.82 Å². The predicted molar refractivity (Wildman–Crippen MR) is 66.1 cm³/mol. The summed E-state index contributed by atoms with van der Waals surface area (Å²) < 4.78 is 0. The molecule has 5 heteroatoms. The fourth-order valence-electron chi connectivity index (χ4n) is 1.26. The van der Waals surface area contributed by atoms with Gasteiger partial charge < -0.3 is 10.6 Å². The maximum absolute atomic E-state index is 5.63. The van der Waals surface area contributed by atoms with Gasteiger partial charge in [-0.25, -0.2) is 0 Å². The van der Waals surface area contributed by atoms with Crippen molar-refractivity contribution in [2.24, 2.45) is 5.73 Å². The van der Waals surface area contributed by atoms with Crippen LogP contribution in [0.4, 0.5) is 5.82 Å². The van der Waals surface area contributed by atoms with Gasteiger partial charge in [-0.15, -0.1) is 5.10 Å². The molecule has 0 saturated carbocycles. The van der Waals surface area contributed by atoms with E-state index in [0.29, 0.717) is 11.0 Å². The first kappa shape index (κ1) is 11.8. The Bertz CT molecular complexity index is 353. The molecule has 0 aliphatic heterocycles. The van der Waals surface area contributed by atoms with Gasteiger partial charge in [0.1, 0.15) is 4.99 Å². The highest BCUT2D eigenvalue weighted by Gasteiger charge is 2.15. The van der Waals surface area contributed by atoms with Crippen molar-refractivity contribution >= 4 is 23.0 Å². The highest BCUT2D eigenvalue weighted by atomic mass is 32.1. The van der Waals surface area contributed by atoms with Crippen LogP contribution in [-0.2, 0) is 0 Å². The van der Waals surface area contributed by atoms with Crippen LogP contribution in [0.15, 0.2) is 12.3 Å². The summed E-state index contributed by atoms with van der Waals surface area (Å²) in [5.74, 6) is 0.749. The fourth-order valence-corrected chi connectivity index (χ4v) is 1.42. The summed E-state index contributed by atoms with van der Waals surface area (Å²) in [4.78, 5) is 2.40. The number of aromatic nitrogens is 2. The van der Waals surface area contributed by atoms with Crippen LogP contribution in [0.2, 0.25) is 0 Å². The van der Waals surface area contributed by atoms with E-state index in [1.165, 1.54) is 0 Å². The molecule has 15 heavy (non-hydrogen) atoms. The molecule has 1 atom stereocenters. The summed E-state index contributed by atoms with van der Waals surface area (Å²) in [5, 5.41) is 7.94. The Morgan fingerprint density at radius 2 is 2.33 bits per heavy atom. The third-order valence-corrected chi connectivity index (χ3v) is 2.77. The SMILES string of the molecule is CCC(C)N(C)c1nnccc1C(N)=S. The van der Waals surface area contributed by atoms with Crippen LogP contribution in [0.25, 0.3) is 0 Å². The smallest absolute Gasteiger partial charge is 0.161 e. The molecule has 1 aromatic heterocycles. The maximum Gasteiger partial charge on any atom is 0.161 e. The zero-order valence-corrected chi connectivity index (χ0v) is 10.1. The van der Waals surface area contributed by atoms with Crippen molar-refractivity contribution in [3.05, 3.63) is 17.8 Å². The summed E-state index contributed by atoms with van der Waals surface area (Å²) in [6.45, 7) is 4.25. The van der Waals surface area contributed by atoms with Crippen LogP contribution in [0.1, 0.15) is 25.8 Å². The van der Waals surface area contributed by atoms with E-state index < -0.39 is 0 Å². The fraction of sp³-hybridized carbons (Fsp3) is 0.500. The molecule has 0 aliphatic carbocycles. The second kappa shape index (κ2) is 5.02. The van der Waals surface area contributed by atoms with E-state index in [2.05, 4.69) is 24.0 Å². The molecule has 0 aromatic carbocycles. The van der Waals surface area contributed by atoms with E-state index in [0.717, 1.165) is 17.8 Å². The van der Waals surface area contributed by atoms with E-state index in [9.17, 15) is 0 Å². The molecule has 0 aliphatic rings. The normalized spacial score (nSPS) is 12.2. The number of nitrogens with zero attached hydrogens (tertiary/aromatic N) is 3. The molecule has 0 radical (unpaired) electrons. The summed E-state index contributed by atoms with van der Waals surface area (Å²) in [6.07, 6.45) is 2.63. The summed E-state index contributed by atoms with van der Waals surface area (Å²) >= 11 is 4.97. The van der Waals surface area contributed by atoms with Crippen molar-refractivity contribution in [3.63, 3.8) is 0 Å². The first-order valence-electron chi connectivity index (χ1n) is 4.92. The Labute approximate surface area is 95.5 Å². The van der Waals surface area contributed by atoms with E-state index in [-0.39, 0.29) is 0 Å². The summed E-state index contributed by atoms with van der Waals surface area (Å²) in [7, 11) is 1.97. The van der Waals surface area contributed by atoms with Gasteiger partial charge in [0.2, 0.25) is 0 Å². The lowest BCUT2D eigenvalue weighted by molar-refractivity contribution is 0.652.